The second-order valence-electron chi connectivity index (χ2n) is 6.14. The zero-order chi connectivity index (χ0) is 19.7. The second kappa shape index (κ2) is 9.97. The third-order valence-electron chi connectivity index (χ3n) is 4.17. The van der Waals surface area contributed by atoms with E-state index in [-0.39, 0.29) is 11.4 Å². The van der Waals surface area contributed by atoms with Crippen molar-refractivity contribution in [1.82, 2.24) is 0 Å². The molecule has 0 aromatic heterocycles. The number of amides is 1. The molecule has 0 radical (unpaired) electrons. The molecule has 0 aliphatic carbocycles. The van der Waals surface area contributed by atoms with Crippen LogP contribution >= 0.6 is 11.8 Å². The molecule has 1 amide bonds. The van der Waals surface area contributed by atoms with Crippen LogP contribution in [-0.4, -0.2) is 16.8 Å². The fourth-order valence-electron chi connectivity index (χ4n) is 2.75. The quantitative estimate of drug-likeness (QED) is 0.730. The first-order valence-corrected chi connectivity index (χ1v) is 10.2. The predicted molar refractivity (Wildman–Crippen MR) is 118 cm³/mol. The number of thioether (sulfide) groups is 1. The molecule has 0 saturated heterocycles. The van der Waals surface area contributed by atoms with Crippen molar-refractivity contribution >= 4 is 34.6 Å². The van der Waals surface area contributed by atoms with Gasteiger partial charge in [0.1, 0.15) is 0 Å². The average Bonchev–Trinajstić information content (AvgIpc) is 2.69. The van der Waals surface area contributed by atoms with Crippen LogP contribution in [0.1, 0.15) is 38.3 Å². The van der Waals surface area contributed by atoms with Crippen molar-refractivity contribution in [2.75, 3.05) is 11.1 Å². The third-order valence-corrected chi connectivity index (χ3v) is 4.97. The summed E-state index contributed by atoms with van der Waals surface area (Å²) in [5, 5.41) is 3.53. The van der Waals surface area contributed by atoms with E-state index in [9.17, 15) is 4.79 Å². The topological polar surface area (TPSA) is 67.5 Å². The maximum atomic E-state index is 12.2. The van der Waals surface area contributed by atoms with E-state index in [0.717, 1.165) is 29.0 Å². The van der Waals surface area contributed by atoms with Crippen LogP contribution in [0.5, 0.6) is 0 Å². The number of anilines is 1. The molecule has 1 unspecified atom stereocenters. The summed E-state index contributed by atoms with van der Waals surface area (Å²) >= 11 is 1.58. The average molecular weight is 382 g/mol. The molecule has 0 bridgehead atoms. The summed E-state index contributed by atoms with van der Waals surface area (Å²) in [6.45, 7) is 6.08. The summed E-state index contributed by atoms with van der Waals surface area (Å²) in [4.78, 5) is 16.8. The van der Waals surface area contributed by atoms with Crippen molar-refractivity contribution in [3.05, 3.63) is 71.8 Å². The number of hydrogen-bond donors (Lipinski definition) is 2. The first-order valence-electron chi connectivity index (χ1n) is 9.18. The number of benzene rings is 2. The van der Waals surface area contributed by atoms with E-state index in [1.807, 2.05) is 68.4 Å². The number of aliphatic imine (C=N–C) groups is 1. The van der Waals surface area contributed by atoms with E-state index in [2.05, 4.69) is 17.2 Å². The molecule has 0 fully saturated rings. The number of hydrogen-bond acceptors (Lipinski definition) is 4. The van der Waals surface area contributed by atoms with Gasteiger partial charge in [-0.1, -0.05) is 68.1 Å². The minimum Gasteiger partial charge on any atom is -0.379 e. The molecule has 2 aromatic rings. The van der Waals surface area contributed by atoms with Crippen LogP contribution in [0, 0.1) is 0 Å². The summed E-state index contributed by atoms with van der Waals surface area (Å²) < 4.78 is 0. The molecule has 2 aromatic carbocycles. The number of carbonyl (C=O) groups is 1. The minimum absolute atomic E-state index is 0.159. The Balaban J connectivity index is 0.00000126. The Kier molecular flexibility index (Phi) is 7.67. The van der Waals surface area contributed by atoms with Crippen molar-refractivity contribution in [2.45, 2.75) is 32.7 Å². The molecule has 142 valence electrons. The first kappa shape index (κ1) is 20.8. The fourth-order valence-corrected chi connectivity index (χ4v) is 3.72. The maximum Gasteiger partial charge on any atom is 0.248 e. The molecule has 3 N–H and O–H groups in total. The Hall–Kier alpha value is -2.53. The SMILES string of the molecule is CC.CC1(c2cccc(NC(=O)/C=C/c3ccccc3)c2)CCSC(N)=N1. The summed E-state index contributed by atoms with van der Waals surface area (Å²) in [6, 6.07) is 17.6. The molecular weight excluding hydrogens is 354 g/mol. The summed E-state index contributed by atoms with van der Waals surface area (Å²) in [5.74, 6) is 0.788. The molecule has 1 aliphatic rings. The van der Waals surface area contributed by atoms with Crippen LogP contribution < -0.4 is 11.1 Å². The lowest BCUT2D eigenvalue weighted by Crippen LogP contribution is -2.28. The monoisotopic (exact) mass is 381 g/mol. The lowest BCUT2D eigenvalue weighted by molar-refractivity contribution is -0.111. The Bertz CT molecular complexity index is 817. The number of amidine groups is 1. The van der Waals surface area contributed by atoms with Crippen LogP contribution in [0.4, 0.5) is 5.69 Å². The Morgan fingerprint density at radius 2 is 1.93 bits per heavy atom. The first-order chi connectivity index (χ1) is 13.0. The highest BCUT2D eigenvalue weighted by atomic mass is 32.2. The largest absolute Gasteiger partial charge is 0.379 e. The van der Waals surface area contributed by atoms with Gasteiger partial charge in [0, 0.05) is 17.5 Å². The molecule has 1 aliphatic heterocycles. The lowest BCUT2D eigenvalue weighted by Gasteiger charge is -2.30. The molecular formula is C22H27N3OS. The minimum atomic E-state index is -0.337. The van der Waals surface area contributed by atoms with Crippen LogP contribution in [0.25, 0.3) is 6.08 Å². The van der Waals surface area contributed by atoms with Crippen LogP contribution in [0.3, 0.4) is 0 Å². The van der Waals surface area contributed by atoms with Gasteiger partial charge in [0.05, 0.1) is 5.54 Å². The zero-order valence-corrected chi connectivity index (χ0v) is 16.9. The van der Waals surface area contributed by atoms with E-state index < -0.39 is 0 Å². The molecule has 5 heteroatoms. The van der Waals surface area contributed by atoms with Crippen LogP contribution in [0.2, 0.25) is 0 Å². The smallest absolute Gasteiger partial charge is 0.248 e. The molecule has 0 spiro atoms. The van der Waals surface area contributed by atoms with E-state index >= 15 is 0 Å². The fraction of sp³-hybridized carbons (Fsp3) is 0.273. The van der Waals surface area contributed by atoms with E-state index in [1.54, 1.807) is 17.8 Å². The van der Waals surface area contributed by atoms with Gasteiger partial charge in [-0.3, -0.25) is 9.79 Å². The van der Waals surface area contributed by atoms with Gasteiger partial charge in [-0.15, -0.1) is 0 Å². The van der Waals surface area contributed by atoms with Gasteiger partial charge in [-0.05, 0) is 42.7 Å². The standard InChI is InChI=1S/C20H21N3OS.C2H6/c1-20(12-13-25-19(21)23-20)16-8-5-9-17(14-16)22-18(24)11-10-15-6-3-2-4-7-15;1-2/h2-11,14H,12-13H2,1H3,(H2,21,23)(H,22,24);1-2H3/b11-10+;. The zero-order valence-electron chi connectivity index (χ0n) is 16.1. The predicted octanol–water partition coefficient (Wildman–Crippen LogP) is 5.03. The van der Waals surface area contributed by atoms with Crippen molar-refractivity contribution in [1.29, 1.82) is 0 Å². The number of nitrogens with zero attached hydrogens (tertiary/aromatic N) is 1. The summed E-state index contributed by atoms with van der Waals surface area (Å²) in [6.07, 6.45) is 4.25. The number of nitrogens with two attached hydrogens (primary N) is 1. The van der Waals surface area contributed by atoms with Gasteiger partial charge in [0.15, 0.2) is 5.17 Å². The molecule has 0 saturated carbocycles. The lowest BCUT2D eigenvalue weighted by atomic mass is 9.89. The van der Waals surface area contributed by atoms with E-state index in [1.165, 1.54) is 6.08 Å². The van der Waals surface area contributed by atoms with Crippen LogP contribution in [-0.2, 0) is 10.3 Å². The highest BCUT2D eigenvalue weighted by Gasteiger charge is 2.29. The molecule has 3 rings (SSSR count). The molecule has 1 atom stereocenters. The maximum absolute atomic E-state index is 12.2. The number of carbonyl (C=O) groups excluding carboxylic acids is 1. The van der Waals surface area contributed by atoms with Crippen molar-refractivity contribution in [3.8, 4) is 0 Å². The Morgan fingerprint density at radius 3 is 2.63 bits per heavy atom. The van der Waals surface area contributed by atoms with Crippen molar-refractivity contribution in [2.24, 2.45) is 10.7 Å². The molecule has 27 heavy (non-hydrogen) atoms. The van der Waals surface area contributed by atoms with Gasteiger partial charge in [0.25, 0.3) is 0 Å². The summed E-state index contributed by atoms with van der Waals surface area (Å²) in [7, 11) is 0. The normalized spacial score (nSPS) is 19.0. The van der Waals surface area contributed by atoms with Crippen molar-refractivity contribution in [3.63, 3.8) is 0 Å². The molecule has 1 heterocycles. The van der Waals surface area contributed by atoms with Gasteiger partial charge < -0.3 is 11.1 Å². The summed E-state index contributed by atoms with van der Waals surface area (Å²) in [5.41, 5.74) is 8.36. The highest BCUT2D eigenvalue weighted by Crippen LogP contribution is 2.35. The van der Waals surface area contributed by atoms with Gasteiger partial charge >= 0.3 is 0 Å². The Morgan fingerprint density at radius 1 is 1.19 bits per heavy atom. The van der Waals surface area contributed by atoms with Gasteiger partial charge in [-0.25, -0.2) is 0 Å². The van der Waals surface area contributed by atoms with E-state index in [4.69, 9.17) is 5.73 Å². The second-order valence-corrected chi connectivity index (χ2v) is 7.25. The Labute approximate surface area is 166 Å². The van der Waals surface area contributed by atoms with Crippen LogP contribution in [0.15, 0.2) is 65.7 Å². The number of nitrogens with one attached hydrogen (secondary N) is 1. The highest BCUT2D eigenvalue weighted by molar-refractivity contribution is 8.13. The molecule has 4 nitrogen and oxygen atoms in total. The van der Waals surface area contributed by atoms with Gasteiger partial charge in [0.2, 0.25) is 5.91 Å². The third kappa shape index (κ3) is 6.00. The van der Waals surface area contributed by atoms with Crippen molar-refractivity contribution < 1.29 is 4.79 Å². The van der Waals surface area contributed by atoms with E-state index in [0.29, 0.717) is 5.17 Å². The number of rotatable bonds is 4. The van der Waals surface area contributed by atoms with Gasteiger partial charge in [-0.2, -0.15) is 0 Å².